The fourth-order valence-corrected chi connectivity index (χ4v) is 3.33. The van der Waals surface area contributed by atoms with Crippen molar-refractivity contribution in [1.82, 2.24) is 15.0 Å². The number of amides is 2. The molecule has 2 amide bonds. The minimum atomic E-state index is -0.771. The van der Waals surface area contributed by atoms with Crippen molar-refractivity contribution in [2.24, 2.45) is 0 Å². The minimum absolute atomic E-state index is 0.106. The molecule has 0 bridgehead atoms. The summed E-state index contributed by atoms with van der Waals surface area (Å²) >= 11 is 0. The Balaban J connectivity index is 1.84. The third kappa shape index (κ3) is 3.88. The number of aryl methyl sites for hydroxylation is 2. The van der Waals surface area contributed by atoms with Gasteiger partial charge in [-0.25, -0.2) is 0 Å². The summed E-state index contributed by atoms with van der Waals surface area (Å²) < 4.78 is 11.0. The van der Waals surface area contributed by atoms with E-state index in [1.807, 2.05) is 44.2 Å². The number of carbonyl (C=O) groups excluding carboxylic acids is 2. The smallest absolute Gasteiger partial charge is 0.254 e. The molecule has 144 valence electrons. The molecule has 0 spiro atoms. The Hall–Kier alpha value is -2.67. The van der Waals surface area contributed by atoms with E-state index < -0.39 is 12.1 Å². The molecule has 7 heteroatoms. The monoisotopic (exact) mass is 371 g/mol. The normalized spacial score (nSPS) is 20.0. The number of likely N-dealkylation sites (N-methyl/N-ethyl adjacent to an activating group) is 2. The lowest BCUT2D eigenvalue weighted by Crippen LogP contribution is -2.53. The summed E-state index contributed by atoms with van der Waals surface area (Å²) in [5.74, 6) is 0.283. The van der Waals surface area contributed by atoms with Crippen LogP contribution in [0.5, 0.6) is 0 Å². The van der Waals surface area contributed by atoms with Gasteiger partial charge in [0, 0.05) is 20.2 Å². The lowest BCUT2D eigenvalue weighted by molar-refractivity contribution is -0.167. The fraction of sp³-hybridized carbons (Fsp3) is 0.450. The Labute approximate surface area is 158 Å². The highest BCUT2D eigenvalue weighted by molar-refractivity contribution is 5.86. The molecule has 0 N–H and O–H groups in total. The Morgan fingerprint density at radius 3 is 2.78 bits per heavy atom. The van der Waals surface area contributed by atoms with E-state index in [2.05, 4.69) is 5.16 Å². The Kier molecular flexibility index (Phi) is 5.60. The van der Waals surface area contributed by atoms with Crippen LogP contribution in [-0.2, 0) is 27.3 Å². The maximum absolute atomic E-state index is 13.1. The molecule has 0 saturated carbocycles. The molecule has 0 unspecified atom stereocenters. The fourth-order valence-electron chi connectivity index (χ4n) is 3.33. The van der Waals surface area contributed by atoms with Crippen LogP contribution < -0.4 is 0 Å². The summed E-state index contributed by atoms with van der Waals surface area (Å²) in [6, 6.07) is 9.12. The van der Waals surface area contributed by atoms with Crippen molar-refractivity contribution in [3.05, 3.63) is 52.9 Å². The lowest BCUT2D eigenvalue weighted by Gasteiger charge is -2.40. The first-order chi connectivity index (χ1) is 12.9. The molecule has 2 atom stereocenters. The summed E-state index contributed by atoms with van der Waals surface area (Å²) in [7, 11) is 3.41. The van der Waals surface area contributed by atoms with Crippen molar-refractivity contribution in [3.8, 4) is 0 Å². The van der Waals surface area contributed by atoms with Gasteiger partial charge in [-0.1, -0.05) is 36.3 Å². The van der Waals surface area contributed by atoms with E-state index in [1.54, 1.807) is 23.9 Å². The van der Waals surface area contributed by atoms with Gasteiger partial charge < -0.3 is 19.1 Å². The van der Waals surface area contributed by atoms with Crippen molar-refractivity contribution < 1.29 is 18.8 Å². The molecule has 1 aromatic carbocycles. The van der Waals surface area contributed by atoms with Crippen molar-refractivity contribution in [2.45, 2.75) is 39.0 Å². The molecule has 1 aliphatic heterocycles. The predicted molar refractivity (Wildman–Crippen MR) is 98.8 cm³/mol. The van der Waals surface area contributed by atoms with Gasteiger partial charge in [0.2, 0.25) is 5.91 Å². The Bertz CT molecular complexity index is 832. The maximum atomic E-state index is 13.1. The number of aromatic nitrogens is 1. The summed E-state index contributed by atoms with van der Waals surface area (Å²) in [6.45, 7) is 4.15. The second-order valence-corrected chi connectivity index (χ2v) is 6.87. The minimum Gasteiger partial charge on any atom is -0.359 e. The third-order valence-electron chi connectivity index (χ3n) is 4.97. The Morgan fingerprint density at radius 2 is 2.11 bits per heavy atom. The molecule has 2 aromatic rings. The van der Waals surface area contributed by atoms with Gasteiger partial charge in [-0.05, 0) is 24.5 Å². The van der Waals surface area contributed by atoms with Gasteiger partial charge in [0.25, 0.3) is 5.91 Å². The van der Waals surface area contributed by atoms with Gasteiger partial charge in [0.1, 0.15) is 6.61 Å². The van der Waals surface area contributed by atoms with Crippen LogP contribution in [0.3, 0.4) is 0 Å². The molecule has 0 aliphatic carbocycles. The summed E-state index contributed by atoms with van der Waals surface area (Å²) in [6.07, 6.45) is 0.00202. The largest absolute Gasteiger partial charge is 0.359 e. The van der Waals surface area contributed by atoms with E-state index in [1.165, 1.54) is 0 Å². The molecule has 2 heterocycles. The number of rotatable bonds is 5. The van der Waals surface area contributed by atoms with E-state index in [9.17, 15) is 9.59 Å². The average molecular weight is 371 g/mol. The average Bonchev–Trinajstić information content (AvgIpc) is 3.11. The van der Waals surface area contributed by atoms with Gasteiger partial charge in [-0.15, -0.1) is 0 Å². The quantitative estimate of drug-likeness (QED) is 0.805. The standard InChI is InChI=1S/C20H25N3O4/c1-5-14-10-15(27-21-14)11-22(3)20(25)19-18(23(4)17(24)12-26-19)16-9-7-6-8-13(16)2/h6-10,18-19H,5,11-12H2,1-4H3/t18-,19+/m1/s1. The van der Waals surface area contributed by atoms with Gasteiger partial charge in [-0.2, -0.15) is 0 Å². The zero-order valence-electron chi connectivity index (χ0n) is 16.1. The first kappa shape index (κ1) is 19.1. The second-order valence-electron chi connectivity index (χ2n) is 6.87. The van der Waals surface area contributed by atoms with E-state index in [4.69, 9.17) is 9.26 Å². The van der Waals surface area contributed by atoms with Crippen LogP contribution in [0.1, 0.15) is 35.5 Å². The number of carbonyl (C=O) groups is 2. The van der Waals surface area contributed by atoms with Gasteiger partial charge in [0.05, 0.1) is 18.3 Å². The first-order valence-electron chi connectivity index (χ1n) is 9.04. The number of hydrogen-bond donors (Lipinski definition) is 0. The summed E-state index contributed by atoms with van der Waals surface area (Å²) in [5.41, 5.74) is 2.77. The number of morpholine rings is 1. The molecule has 1 aliphatic rings. The Morgan fingerprint density at radius 1 is 1.37 bits per heavy atom. The lowest BCUT2D eigenvalue weighted by atomic mass is 9.93. The van der Waals surface area contributed by atoms with Crippen LogP contribution in [0.15, 0.2) is 34.9 Å². The maximum Gasteiger partial charge on any atom is 0.254 e. The molecular weight excluding hydrogens is 346 g/mol. The molecule has 1 aromatic heterocycles. The topological polar surface area (TPSA) is 75.9 Å². The summed E-state index contributed by atoms with van der Waals surface area (Å²) in [4.78, 5) is 28.5. The second kappa shape index (κ2) is 7.92. The molecule has 27 heavy (non-hydrogen) atoms. The molecule has 1 saturated heterocycles. The van der Waals surface area contributed by atoms with Crippen LogP contribution in [0, 0.1) is 6.92 Å². The molecule has 1 fully saturated rings. The highest BCUT2D eigenvalue weighted by Gasteiger charge is 2.41. The van der Waals surface area contributed by atoms with Crippen LogP contribution in [-0.4, -0.2) is 53.6 Å². The number of ether oxygens (including phenoxy) is 1. The number of benzene rings is 1. The summed E-state index contributed by atoms with van der Waals surface area (Å²) in [5, 5.41) is 3.96. The molecule has 3 rings (SSSR count). The molecule has 7 nitrogen and oxygen atoms in total. The van der Waals surface area contributed by atoms with Crippen LogP contribution in [0.4, 0.5) is 0 Å². The van der Waals surface area contributed by atoms with E-state index >= 15 is 0 Å². The highest BCUT2D eigenvalue weighted by atomic mass is 16.5. The SMILES string of the molecule is CCc1cc(CN(C)C(=O)[C@H]2OCC(=O)N(C)[C@@H]2c2ccccc2C)on1. The number of nitrogens with zero attached hydrogens (tertiary/aromatic N) is 3. The third-order valence-corrected chi connectivity index (χ3v) is 4.97. The molecule has 0 radical (unpaired) electrons. The highest BCUT2D eigenvalue weighted by Crippen LogP contribution is 2.32. The van der Waals surface area contributed by atoms with Crippen LogP contribution >= 0.6 is 0 Å². The van der Waals surface area contributed by atoms with Gasteiger partial charge in [0.15, 0.2) is 11.9 Å². The van der Waals surface area contributed by atoms with E-state index in [0.29, 0.717) is 12.3 Å². The molecular formula is C20H25N3O4. The van der Waals surface area contributed by atoms with E-state index in [-0.39, 0.29) is 18.4 Å². The zero-order valence-corrected chi connectivity index (χ0v) is 16.1. The van der Waals surface area contributed by atoms with Crippen LogP contribution in [0.25, 0.3) is 0 Å². The van der Waals surface area contributed by atoms with Crippen molar-refractivity contribution in [2.75, 3.05) is 20.7 Å². The number of hydrogen-bond acceptors (Lipinski definition) is 5. The zero-order chi connectivity index (χ0) is 19.6. The van der Waals surface area contributed by atoms with Crippen molar-refractivity contribution in [3.63, 3.8) is 0 Å². The van der Waals surface area contributed by atoms with Crippen molar-refractivity contribution >= 4 is 11.8 Å². The van der Waals surface area contributed by atoms with Crippen LogP contribution in [0.2, 0.25) is 0 Å². The van der Waals surface area contributed by atoms with Gasteiger partial charge in [-0.3, -0.25) is 9.59 Å². The van der Waals surface area contributed by atoms with Crippen molar-refractivity contribution in [1.29, 1.82) is 0 Å². The predicted octanol–water partition coefficient (Wildman–Crippen LogP) is 2.10. The first-order valence-corrected chi connectivity index (χ1v) is 9.04. The van der Waals surface area contributed by atoms with Gasteiger partial charge >= 0.3 is 0 Å². The van der Waals surface area contributed by atoms with E-state index in [0.717, 1.165) is 23.2 Å².